The molecule has 0 aliphatic rings. The van der Waals surface area contributed by atoms with Gasteiger partial charge in [0.15, 0.2) is 5.82 Å². The average Bonchev–Trinajstić information content (AvgIpc) is 2.28. The Kier molecular flexibility index (Phi) is 3.66. The van der Waals surface area contributed by atoms with Crippen LogP contribution in [0, 0.1) is 12.7 Å². The third-order valence-corrected chi connectivity index (χ3v) is 3.62. The van der Waals surface area contributed by atoms with E-state index in [1.807, 2.05) is 0 Å². The molecule has 0 bridgehead atoms. The molecule has 1 aromatic carbocycles. The van der Waals surface area contributed by atoms with Crippen LogP contribution >= 0.6 is 39.1 Å². The lowest BCUT2D eigenvalue weighted by Gasteiger charge is -2.06. The number of hydrogen-bond donors (Lipinski definition) is 0. The Labute approximate surface area is 116 Å². The standard InChI is InChI=1S/C11H6BrCl2FN2/c1-5-9(13)16-11(17-10(5)14)7-4-6(15)2-3-8(7)12/h2-4H,1H3. The maximum Gasteiger partial charge on any atom is 0.163 e. The van der Waals surface area contributed by atoms with E-state index in [-0.39, 0.29) is 21.9 Å². The molecule has 0 amide bonds. The molecule has 88 valence electrons. The first kappa shape index (κ1) is 12.7. The van der Waals surface area contributed by atoms with Crippen LogP contribution in [-0.4, -0.2) is 9.97 Å². The second kappa shape index (κ2) is 4.88. The molecule has 2 nitrogen and oxygen atoms in total. The second-order valence-corrected chi connectivity index (χ2v) is 4.95. The van der Waals surface area contributed by atoms with Crippen molar-refractivity contribution in [2.75, 3.05) is 0 Å². The lowest BCUT2D eigenvalue weighted by Crippen LogP contribution is -1.95. The minimum Gasteiger partial charge on any atom is -0.216 e. The highest BCUT2D eigenvalue weighted by molar-refractivity contribution is 9.10. The van der Waals surface area contributed by atoms with Crippen LogP contribution in [0.1, 0.15) is 5.56 Å². The summed E-state index contributed by atoms with van der Waals surface area (Å²) in [6, 6.07) is 4.24. The maximum absolute atomic E-state index is 13.2. The first-order chi connectivity index (χ1) is 7.99. The van der Waals surface area contributed by atoms with Gasteiger partial charge in [-0.3, -0.25) is 0 Å². The van der Waals surface area contributed by atoms with Gasteiger partial charge in [0.05, 0.1) is 0 Å². The Morgan fingerprint density at radius 1 is 1.18 bits per heavy atom. The molecule has 1 aromatic heterocycles. The average molecular weight is 336 g/mol. The lowest BCUT2D eigenvalue weighted by atomic mass is 10.2. The van der Waals surface area contributed by atoms with Crippen LogP contribution in [0.2, 0.25) is 10.3 Å². The summed E-state index contributed by atoms with van der Waals surface area (Å²) in [4.78, 5) is 8.16. The van der Waals surface area contributed by atoms with Crippen LogP contribution < -0.4 is 0 Å². The topological polar surface area (TPSA) is 25.8 Å². The van der Waals surface area contributed by atoms with Crippen molar-refractivity contribution in [2.24, 2.45) is 0 Å². The smallest absolute Gasteiger partial charge is 0.163 e. The monoisotopic (exact) mass is 334 g/mol. The fraction of sp³-hybridized carbons (Fsp3) is 0.0909. The van der Waals surface area contributed by atoms with Gasteiger partial charge in [0.25, 0.3) is 0 Å². The third kappa shape index (κ3) is 2.59. The molecule has 0 aliphatic heterocycles. The Bertz CT molecular complexity index is 567. The minimum absolute atomic E-state index is 0.260. The summed E-state index contributed by atoms with van der Waals surface area (Å²) in [6.07, 6.45) is 0. The fourth-order valence-corrected chi connectivity index (χ4v) is 2.06. The zero-order valence-corrected chi connectivity index (χ0v) is 11.7. The van der Waals surface area contributed by atoms with Crippen LogP contribution in [0.25, 0.3) is 11.4 Å². The molecule has 0 fully saturated rings. The van der Waals surface area contributed by atoms with Crippen molar-refractivity contribution < 1.29 is 4.39 Å². The molecule has 0 unspecified atom stereocenters. The highest BCUT2D eigenvalue weighted by Crippen LogP contribution is 2.30. The largest absolute Gasteiger partial charge is 0.216 e. The second-order valence-electron chi connectivity index (χ2n) is 3.38. The Hall–Kier alpha value is -0.710. The molecular formula is C11H6BrCl2FN2. The zero-order valence-electron chi connectivity index (χ0n) is 8.64. The number of aromatic nitrogens is 2. The molecular weight excluding hydrogens is 330 g/mol. The predicted molar refractivity (Wildman–Crippen MR) is 69.9 cm³/mol. The van der Waals surface area contributed by atoms with E-state index in [0.29, 0.717) is 15.6 Å². The van der Waals surface area contributed by atoms with E-state index in [4.69, 9.17) is 23.2 Å². The molecule has 0 saturated heterocycles. The van der Waals surface area contributed by atoms with Gasteiger partial charge >= 0.3 is 0 Å². The van der Waals surface area contributed by atoms with E-state index < -0.39 is 0 Å². The van der Waals surface area contributed by atoms with Crippen molar-refractivity contribution in [2.45, 2.75) is 6.92 Å². The van der Waals surface area contributed by atoms with E-state index in [0.717, 1.165) is 0 Å². The SMILES string of the molecule is Cc1c(Cl)nc(-c2cc(F)ccc2Br)nc1Cl. The van der Waals surface area contributed by atoms with Crippen LogP contribution in [0.3, 0.4) is 0 Å². The molecule has 0 aliphatic carbocycles. The summed E-state index contributed by atoms with van der Waals surface area (Å²) in [5.74, 6) is -0.0865. The molecule has 17 heavy (non-hydrogen) atoms. The quantitative estimate of drug-likeness (QED) is 0.708. The number of benzene rings is 1. The van der Waals surface area contributed by atoms with E-state index in [1.165, 1.54) is 12.1 Å². The van der Waals surface area contributed by atoms with Crippen molar-refractivity contribution in [3.05, 3.63) is 44.4 Å². The first-order valence-corrected chi connectivity index (χ1v) is 6.19. The van der Waals surface area contributed by atoms with Gasteiger partial charge in [0.1, 0.15) is 16.1 Å². The van der Waals surface area contributed by atoms with Gasteiger partial charge in [-0.25, -0.2) is 14.4 Å². The van der Waals surface area contributed by atoms with Gasteiger partial charge in [-0.05, 0) is 25.1 Å². The van der Waals surface area contributed by atoms with Crippen molar-refractivity contribution in [3.63, 3.8) is 0 Å². The van der Waals surface area contributed by atoms with E-state index >= 15 is 0 Å². The van der Waals surface area contributed by atoms with Crippen LogP contribution in [0.5, 0.6) is 0 Å². The molecule has 1 heterocycles. The summed E-state index contributed by atoms with van der Waals surface area (Å²) < 4.78 is 13.8. The Morgan fingerprint density at radius 3 is 2.35 bits per heavy atom. The Balaban J connectivity index is 2.64. The number of nitrogens with zero attached hydrogens (tertiary/aromatic N) is 2. The Morgan fingerprint density at radius 2 is 1.76 bits per heavy atom. The molecule has 0 saturated carbocycles. The molecule has 0 radical (unpaired) electrons. The van der Waals surface area contributed by atoms with Crippen molar-refractivity contribution in [1.29, 1.82) is 0 Å². The van der Waals surface area contributed by atoms with E-state index in [9.17, 15) is 4.39 Å². The summed E-state index contributed by atoms with van der Waals surface area (Å²) in [6.45, 7) is 1.72. The molecule has 0 N–H and O–H groups in total. The normalized spacial score (nSPS) is 10.6. The van der Waals surface area contributed by atoms with Crippen molar-refractivity contribution in [3.8, 4) is 11.4 Å². The third-order valence-electron chi connectivity index (χ3n) is 2.20. The molecule has 0 atom stereocenters. The molecule has 2 aromatic rings. The lowest BCUT2D eigenvalue weighted by molar-refractivity contribution is 0.628. The summed E-state index contributed by atoms with van der Waals surface area (Å²) in [5, 5.41) is 0.521. The van der Waals surface area contributed by atoms with Crippen LogP contribution in [-0.2, 0) is 0 Å². The predicted octanol–water partition coefficient (Wildman–Crippen LogP) is 4.66. The number of halogens is 4. The van der Waals surface area contributed by atoms with Crippen LogP contribution in [0.15, 0.2) is 22.7 Å². The van der Waals surface area contributed by atoms with Gasteiger partial charge in [-0.15, -0.1) is 0 Å². The molecule has 0 spiro atoms. The van der Waals surface area contributed by atoms with Gasteiger partial charge < -0.3 is 0 Å². The van der Waals surface area contributed by atoms with Crippen molar-refractivity contribution in [1.82, 2.24) is 9.97 Å². The molecule has 2 rings (SSSR count). The van der Waals surface area contributed by atoms with Crippen LogP contribution in [0.4, 0.5) is 4.39 Å². The molecule has 6 heteroatoms. The first-order valence-electron chi connectivity index (χ1n) is 4.64. The number of rotatable bonds is 1. The highest BCUT2D eigenvalue weighted by Gasteiger charge is 2.12. The highest BCUT2D eigenvalue weighted by atomic mass is 79.9. The van der Waals surface area contributed by atoms with Gasteiger partial charge in [-0.2, -0.15) is 0 Å². The van der Waals surface area contributed by atoms with E-state index in [1.54, 1.807) is 13.0 Å². The summed E-state index contributed by atoms with van der Waals surface area (Å²) in [7, 11) is 0. The summed E-state index contributed by atoms with van der Waals surface area (Å²) in [5.41, 5.74) is 1.11. The maximum atomic E-state index is 13.2. The van der Waals surface area contributed by atoms with Gasteiger partial charge in [0, 0.05) is 15.6 Å². The number of hydrogen-bond acceptors (Lipinski definition) is 2. The van der Waals surface area contributed by atoms with Gasteiger partial charge in [0.2, 0.25) is 0 Å². The zero-order chi connectivity index (χ0) is 12.6. The summed E-state index contributed by atoms with van der Waals surface area (Å²) >= 11 is 15.1. The fourth-order valence-electron chi connectivity index (χ4n) is 1.25. The van der Waals surface area contributed by atoms with Gasteiger partial charge in [-0.1, -0.05) is 39.1 Å². The minimum atomic E-state index is -0.375. The van der Waals surface area contributed by atoms with E-state index in [2.05, 4.69) is 25.9 Å². The van der Waals surface area contributed by atoms with Crippen molar-refractivity contribution >= 4 is 39.1 Å².